The summed E-state index contributed by atoms with van der Waals surface area (Å²) >= 11 is 12.5. The quantitative estimate of drug-likeness (QED) is 0.343. The minimum Gasteiger partial charge on any atom is -0.507 e. The Morgan fingerprint density at radius 3 is 2.57 bits per heavy atom. The number of halogens is 2. The van der Waals surface area contributed by atoms with E-state index in [1.165, 1.54) is 6.21 Å². The maximum atomic E-state index is 12.5. The molecule has 0 radical (unpaired) electrons. The van der Waals surface area contributed by atoms with Crippen molar-refractivity contribution in [1.82, 2.24) is 15.2 Å². The lowest BCUT2D eigenvalue weighted by Gasteiger charge is -2.05. The molecule has 2 N–H and O–H groups in total. The Labute approximate surface area is 182 Å². The van der Waals surface area contributed by atoms with Gasteiger partial charge in [0.25, 0.3) is 5.91 Å². The van der Waals surface area contributed by atoms with Gasteiger partial charge >= 0.3 is 0 Å². The number of aryl methyl sites for hydroxylation is 1. The molecule has 0 atom stereocenters. The monoisotopic (exact) mass is 438 g/mol. The Kier molecular flexibility index (Phi) is 5.44. The summed E-state index contributed by atoms with van der Waals surface area (Å²) in [6.45, 7) is 1.78. The fourth-order valence-corrected chi connectivity index (χ4v) is 3.57. The van der Waals surface area contributed by atoms with E-state index in [1.807, 2.05) is 30.3 Å². The molecule has 1 amide bonds. The summed E-state index contributed by atoms with van der Waals surface area (Å²) in [7, 11) is 0. The molecule has 1 heterocycles. The third kappa shape index (κ3) is 3.87. The normalized spacial score (nSPS) is 11.3. The van der Waals surface area contributed by atoms with E-state index in [9.17, 15) is 9.90 Å². The van der Waals surface area contributed by atoms with E-state index >= 15 is 0 Å². The number of aromatic hydroxyl groups is 1. The molecule has 6 nitrogen and oxygen atoms in total. The summed E-state index contributed by atoms with van der Waals surface area (Å²) in [5.41, 5.74) is 4.44. The van der Waals surface area contributed by atoms with E-state index in [4.69, 9.17) is 23.2 Å². The van der Waals surface area contributed by atoms with Crippen LogP contribution in [0.1, 0.15) is 21.6 Å². The van der Waals surface area contributed by atoms with Gasteiger partial charge in [0.1, 0.15) is 10.9 Å². The molecule has 8 heteroatoms. The van der Waals surface area contributed by atoms with Crippen molar-refractivity contribution in [3.05, 3.63) is 87.7 Å². The van der Waals surface area contributed by atoms with Crippen molar-refractivity contribution in [2.24, 2.45) is 5.10 Å². The van der Waals surface area contributed by atoms with Gasteiger partial charge in [-0.2, -0.15) is 10.2 Å². The van der Waals surface area contributed by atoms with Crippen molar-refractivity contribution in [1.29, 1.82) is 0 Å². The Bertz CT molecular complexity index is 1300. The minimum atomic E-state index is -0.537. The molecular formula is C22H16Cl2N4O2. The Morgan fingerprint density at radius 2 is 1.83 bits per heavy atom. The average molecular weight is 439 g/mol. The standard InChI is InChI=1S/C22H16Cl2N4O2/c1-13-19(21(24)28(27-13)17-8-4-7-16(23)11-17)12-25-26-22(30)18-9-14-5-2-3-6-15(14)10-20(18)29/h2-12,29H,1H3,(H,26,30). The summed E-state index contributed by atoms with van der Waals surface area (Å²) in [6, 6.07) is 17.7. The van der Waals surface area contributed by atoms with Crippen molar-refractivity contribution in [3.8, 4) is 11.4 Å². The van der Waals surface area contributed by atoms with E-state index in [0.29, 0.717) is 27.1 Å². The lowest BCUT2D eigenvalue weighted by molar-refractivity contribution is 0.0952. The predicted octanol–water partition coefficient (Wildman–Crippen LogP) is 5.11. The molecule has 0 saturated carbocycles. The highest BCUT2D eigenvalue weighted by atomic mass is 35.5. The second-order valence-corrected chi connectivity index (χ2v) is 7.39. The molecule has 4 aromatic rings. The number of hydrazone groups is 1. The predicted molar refractivity (Wildman–Crippen MR) is 119 cm³/mol. The van der Waals surface area contributed by atoms with Gasteiger partial charge in [-0.15, -0.1) is 0 Å². The zero-order chi connectivity index (χ0) is 21.3. The highest BCUT2D eigenvalue weighted by Crippen LogP contribution is 2.25. The number of carbonyl (C=O) groups is 1. The number of carbonyl (C=O) groups excluding carboxylic acids is 1. The van der Waals surface area contributed by atoms with E-state index < -0.39 is 5.91 Å². The number of amides is 1. The van der Waals surface area contributed by atoms with Crippen molar-refractivity contribution < 1.29 is 9.90 Å². The molecule has 30 heavy (non-hydrogen) atoms. The van der Waals surface area contributed by atoms with Crippen molar-refractivity contribution >= 4 is 46.1 Å². The minimum absolute atomic E-state index is 0.121. The first kappa shape index (κ1) is 19.9. The molecular weight excluding hydrogens is 423 g/mol. The lowest BCUT2D eigenvalue weighted by Crippen LogP contribution is -2.17. The second kappa shape index (κ2) is 8.18. The smallest absolute Gasteiger partial charge is 0.275 e. The zero-order valence-electron chi connectivity index (χ0n) is 15.8. The number of fused-ring (bicyclic) bond motifs is 1. The van der Waals surface area contributed by atoms with E-state index in [2.05, 4.69) is 15.6 Å². The molecule has 150 valence electrons. The van der Waals surface area contributed by atoms with Gasteiger partial charge in [0, 0.05) is 5.02 Å². The number of rotatable bonds is 4. The number of nitrogens with one attached hydrogen (secondary N) is 1. The van der Waals surface area contributed by atoms with Gasteiger partial charge < -0.3 is 5.11 Å². The summed E-state index contributed by atoms with van der Waals surface area (Å²) < 4.78 is 1.54. The van der Waals surface area contributed by atoms with Crippen LogP contribution < -0.4 is 5.43 Å². The van der Waals surface area contributed by atoms with Gasteiger partial charge in [-0.1, -0.05) is 53.5 Å². The fraction of sp³-hybridized carbons (Fsp3) is 0.0455. The van der Waals surface area contributed by atoms with Gasteiger partial charge in [0.15, 0.2) is 0 Å². The molecule has 3 aromatic carbocycles. The lowest BCUT2D eigenvalue weighted by atomic mass is 10.1. The zero-order valence-corrected chi connectivity index (χ0v) is 17.3. The first-order valence-corrected chi connectivity index (χ1v) is 9.76. The Balaban J connectivity index is 1.56. The van der Waals surface area contributed by atoms with Crippen LogP contribution in [0, 0.1) is 6.92 Å². The molecule has 0 spiro atoms. The van der Waals surface area contributed by atoms with Crippen LogP contribution in [0.15, 0.2) is 65.8 Å². The highest BCUT2D eigenvalue weighted by molar-refractivity contribution is 6.32. The third-order valence-electron chi connectivity index (χ3n) is 4.57. The highest BCUT2D eigenvalue weighted by Gasteiger charge is 2.15. The van der Waals surface area contributed by atoms with E-state index in [-0.39, 0.29) is 11.3 Å². The number of phenolic OH excluding ortho intramolecular Hbond substituents is 1. The van der Waals surface area contributed by atoms with Crippen LogP contribution in [-0.2, 0) is 0 Å². The average Bonchev–Trinajstić information content (AvgIpc) is 3.01. The number of aromatic nitrogens is 2. The van der Waals surface area contributed by atoms with Gasteiger partial charge in [0.05, 0.1) is 28.7 Å². The maximum Gasteiger partial charge on any atom is 0.275 e. The van der Waals surface area contributed by atoms with Crippen LogP contribution in [0.5, 0.6) is 5.75 Å². The van der Waals surface area contributed by atoms with Crippen LogP contribution in [0.25, 0.3) is 16.5 Å². The van der Waals surface area contributed by atoms with Gasteiger partial charge in [-0.05, 0) is 48.0 Å². The molecule has 0 aliphatic heterocycles. The SMILES string of the molecule is Cc1nn(-c2cccc(Cl)c2)c(Cl)c1C=NNC(=O)c1cc2ccccc2cc1O. The van der Waals surface area contributed by atoms with Crippen molar-refractivity contribution in [3.63, 3.8) is 0 Å². The molecule has 4 rings (SSSR count). The number of nitrogens with zero attached hydrogens (tertiary/aromatic N) is 3. The fourth-order valence-electron chi connectivity index (χ4n) is 3.06. The molecule has 0 aliphatic rings. The van der Waals surface area contributed by atoms with Crippen LogP contribution in [0.2, 0.25) is 10.2 Å². The molecule has 0 fully saturated rings. The Hall–Kier alpha value is -3.35. The summed E-state index contributed by atoms with van der Waals surface area (Å²) in [4.78, 5) is 12.5. The van der Waals surface area contributed by atoms with E-state index in [1.54, 1.807) is 41.9 Å². The number of hydrogen-bond donors (Lipinski definition) is 2. The Morgan fingerprint density at radius 1 is 1.10 bits per heavy atom. The van der Waals surface area contributed by atoms with Crippen LogP contribution in [0.4, 0.5) is 0 Å². The van der Waals surface area contributed by atoms with Gasteiger partial charge in [0.2, 0.25) is 0 Å². The largest absolute Gasteiger partial charge is 0.507 e. The van der Waals surface area contributed by atoms with Crippen LogP contribution in [0.3, 0.4) is 0 Å². The van der Waals surface area contributed by atoms with Crippen molar-refractivity contribution in [2.45, 2.75) is 6.92 Å². The topological polar surface area (TPSA) is 79.5 Å². The summed E-state index contributed by atoms with van der Waals surface area (Å²) in [6.07, 6.45) is 1.42. The first-order chi connectivity index (χ1) is 14.4. The first-order valence-electron chi connectivity index (χ1n) is 9.00. The number of benzene rings is 3. The van der Waals surface area contributed by atoms with Gasteiger partial charge in [-0.25, -0.2) is 10.1 Å². The van der Waals surface area contributed by atoms with E-state index in [0.717, 1.165) is 10.8 Å². The van der Waals surface area contributed by atoms with Crippen LogP contribution in [-0.4, -0.2) is 27.0 Å². The molecule has 0 bridgehead atoms. The summed E-state index contributed by atoms with van der Waals surface area (Å²) in [5, 5.41) is 21.1. The number of hydrogen-bond acceptors (Lipinski definition) is 4. The molecule has 0 saturated heterocycles. The molecule has 0 aliphatic carbocycles. The van der Waals surface area contributed by atoms with Crippen LogP contribution >= 0.6 is 23.2 Å². The molecule has 0 unspecified atom stereocenters. The maximum absolute atomic E-state index is 12.5. The second-order valence-electron chi connectivity index (χ2n) is 6.60. The summed E-state index contributed by atoms with van der Waals surface area (Å²) in [5.74, 6) is -0.657. The number of phenols is 1. The molecule has 1 aromatic heterocycles. The third-order valence-corrected chi connectivity index (χ3v) is 5.17. The van der Waals surface area contributed by atoms with Crippen molar-refractivity contribution in [2.75, 3.05) is 0 Å². The van der Waals surface area contributed by atoms with Gasteiger partial charge in [-0.3, -0.25) is 4.79 Å².